The van der Waals surface area contributed by atoms with Gasteiger partial charge in [-0.15, -0.1) is 11.3 Å². The monoisotopic (exact) mass is 1090 g/mol. The van der Waals surface area contributed by atoms with Gasteiger partial charge in [0.25, 0.3) is 5.67 Å². The van der Waals surface area contributed by atoms with Crippen LogP contribution < -0.4 is 5.09 Å². The van der Waals surface area contributed by atoms with E-state index in [2.05, 4.69) is 25.2 Å². The molecule has 20 nitrogen and oxygen atoms in total. The summed E-state index contributed by atoms with van der Waals surface area (Å²) in [5.74, 6) is -6.52. The number of aliphatic hydroxyl groups is 3. The topological polar surface area (TPSA) is 270 Å². The van der Waals surface area contributed by atoms with Crippen molar-refractivity contribution in [2.75, 3.05) is 25.8 Å². The number of benzene rings is 1. The molecule has 5 rings (SSSR count). The Labute approximate surface area is 443 Å². The highest BCUT2D eigenvalue weighted by Gasteiger charge is 2.56. The number of Topliss-reactive ketones (excluding diaryl/α,β-unsaturated/α-hetero) is 1. The largest absolute Gasteiger partial charge is 0.457 e. The molecule has 0 radical (unpaired) electrons. The summed E-state index contributed by atoms with van der Waals surface area (Å²) in [5, 5.41) is 45.4. The first-order valence-electron chi connectivity index (χ1n) is 25.3. The molecule has 0 saturated carbocycles. The van der Waals surface area contributed by atoms with Crippen LogP contribution in [0.25, 0.3) is 10.6 Å². The SMILES string of the molecule is CCC(=O)/N=C1\[C@H](C)C[C@@](C)(O)[C@H](O[C@@H]2O[C@H](C)C[C@H](N(C)C)[C@H]2O)[C@@H](C)C(=O)[C@](C)(F)C(=O)O[C@H](CC)[C@@](C)(O)[C@H](OC/C(CC)=N\OCc2ccc(-c3nc(NP(=O)(O)OCc4ccccc4)cs3)cn2)[C@H]1C. The number of alkyl halides is 1. The lowest BCUT2D eigenvalue weighted by molar-refractivity contribution is -0.293. The van der Waals surface area contributed by atoms with E-state index in [0.29, 0.717) is 34.8 Å². The van der Waals surface area contributed by atoms with Gasteiger partial charge in [-0.1, -0.05) is 77.0 Å². The number of carbonyl (C=O) groups is 3. The first-order valence-corrected chi connectivity index (χ1v) is 27.8. The second-order valence-electron chi connectivity index (χ2n) is 20.3. The number of carbonyl (C=O) groups excluding carboxylic acids is 3. The van der Waals surface area contributed by atoms with E-state index in [1.165, 1.54) is 32.1 Å². The summed E-state index contributed by atoms with van der Waals surface area (Å²) in [6.45, 7) is 14.6. The molecule has 416 valence electrons. The summed E-state index contributed by atoms with van der Waals surface area (Å²) in [7, 11) is -0.660. The fourth-order valence-corrected chi connectivity index (χ4v) is 11.2. The zero-order valence-corrected chi connectivity index (χ0v) is 46.7. The number of esters is 1. The van der Waals surface area contributed by atoms with Gasteiger partial charge in [0, 0.05) is 47.2 Å². The third-order valence-corrected chi connectivity index (χ3v) is 15.6. The molecule has 1 unspecified atom stereocenters. The van der Waals surface area contributed by atoms with Crippen molar-refractivity contribution in [1.82, 2.24) is 14.9 Å². The number of rotatable bonds is 18. The van der Waals surface area contributed by atoms with Gasteiger partial charge >= 0.3 is 13.7 Å². The summed E-state index contributed by atoms with van der Waals surface area (Å²) in [6, 6.07) is 12.0. The zero-order valence-electron chi connectivity index (χ0n) is 45.0. The van der Waals surface area contributed by atoms with Gasteiger partial charge in [0.05, 0.1) is 48.5 Å². The second kappa shape index (κ2) is 26.3. The van der Waals surface area contributed by atoms with Crippen LogP contribution in [0.4, 0.5) is 10.2 Å². The number of ether oxygens (including phenoxy) is 4. The van der Waals surface area contributed by atoms with Crippen molar-refractivity contribution in [2.45, 2.75) is 174 Å². The Morgan fingerprint density at radius 2 is 1.69 bits per heavy atom. The molecule has 2 saturated heterocycles. The molecule has 23 heteroatoms. The Morgan fingerprint density at radius 1 is 1.00 bits per heavy atom. The van der Waals surface area contributed by atoms with Gasteiger partial charge in [0.1, 0.15) is 28.6 Å². The lowest BCUT2D eigenvalue weighted by Crippen LogP contribution is -2.61. The number of halogens is 1. The molecule has 0 spiro atoms. The number of cyclic esters (lactones) is 1. The maximum absolute atomic E-state index is 16.9. The molecule has 2 aliphatic heterocycles. The van der Waals surface area contributed by atoms with E-state index in [0.717, 1.165) is 12.5 Å². The van der Waals surface area contributed by atoms with Crippen LogP contribution in [-0.2, 0) is 60.5 Å². The number of nitrogens with zero attached hydrogens (tertiary/aromatic N) is 5. The van der Waals surface area contributed by atoms with Crippen LogP contribution in [0.2, 0.25) is 0 Å². The lowest BCUT2D eigenvalue weighted by atomic mass is 9.73. The van der Waals surface area contributed by atoms with Gasteiger partial charge in [0.2, 0.25) is 5.91 Å². The predicted octanol–water partition coefficient (Wildman–Crippen LogP) is 7.22. The van der Waals surface area contributed by atoms with E-state index in [9.17, 15) is 39.2 Å². The highest BCUT2D eigenvalue weighted by Crippen LogP contribution is 2.44. The van der Waals surface area contributed by atoms with Crippen LogP contribution in [0, 0.1) is 17.8 Å². The van der Waals surface area contributed by atoms with E-state index >= 15 is 4.39 Å². The standard InChI is InChI=1S/C52H76FN6O14PS/c1-13-36(57-69-28-37-22-21-35(25-54-37)47-55-40(29-75-47)58-74(66,67)70-26-34-19-17-16-18-20-34)27-68-46-32(6)42(56-41(60)15-3)30(4)24-50(8,64)45(73-48-43(61)38(59(11)12)23-31(5)71-48)33(7)44(62)51(9,53)49(63)72-39(14-2)52(46,10)65/h16-22,25,29-33,38-39,43,45-46,48,61,64-65H,13-15,23-24,26-28H2,1-12H3,(H2,58,66,67)/b56-42+,57-36-/t30-,31-,32+,33+,38+,39-,43-,45-,46-,48+,50-,51+,52-/m1/s1. The number of thiazole rings is 1. The van der Waals surface area contributed by atoms with Crippen molar-refractivity contribution in [3.8, 4) is 10.6 Å². The van der Waals surface area contributed by atoms with Crippen molar-refractivity contribution in [3.05, 3.63) is 65.3 Å². The number of aromatic nitrogens is 2. The normalized spacial score (nSPS) is 32.9. The Bertz CT molecular complexity index is 2490. The van der Waals surface area contributed by atoms with Gasteiger partial charge in [-0.3, -0.25) is 24.2 Å². The third kappa shape index (κ3) is 15.8. The summed E-state index contributed by atoms with van der Waals surface area (Å²) in [5.41, 5.74) is -5.03. The van der Waals surface area contributed by atoms with Crippen LogP contribution >= 0.6 is 19.1 Å². The van der Waals surface area contributed by atoms with Crippen LogP contribution in [0.1, 0.15) is 113 Å². The fraction of sp³-hybridized carbons (Fsp3) is 0.635. The Balaban J connectivity index is 1.38. The van der Waals surface area contributed by atoms with Crippen LogP contribution in [0.15, 0.2) is 64.2 Å². The Hall–Kier alpha value is -4.45. The number of likely N-dealkylation sites (N-methyl/N-ethyl adjacent to an activating group) is 1. The van der Waals surface area contributed by atoms with E-state index in [4.69, 9.17) is 28.3 Å². The minimum atomic E-state index is -4.22. The number of hydrogen-bond acceptors (Lipinski definition) is 18. The average Bonchev–Trinajstić information content (AvgIpc) is 3.82. The maximum Gasteiger partial charge on any atom is 0.431 e. The number of amides is 1. The van der Waals surface area contributed by atoms with Gasteiger partial charge in [-0.25, -0.2) is 23.7 Å². The van der Waals surface area contributed by atoms with Crippen molar-refractivity contribution in [3.63, 3.8) is 0 Å². The van der Waals surface area contributed by atoms with Gasteiger partial charge in [-0.05, 0) is 91.1 Å². The molecule has 14 atom stereocenters. The predicted molar refractivity (Wildman–Crippen MR) is 280 cm³/mol. The molecule has 4 heterocycles. The number of hydrogen-bond donors (Lipinski definition) is 5. The highest BCUT2D eigenvalue weighted by atomic mass is 32.1. The quantitative estimate of drug-likeness (QED) is 0.0276. The van der Waals surface area contributed by atoms with Crippen LogP contribution in [0.3, 0.4) is 0 Å². The van der Waals surface area contributed by atoms with E-state index in [1.807, 2.05) is 6.07 Å². The van der Waals surface area contributed by atoms with Crippen molar-refractivity contribution < 1.29 is 71.9 Å². The molecule has 0 aliphatic carbocycles. The zero-order chi connectivity index (χ0) is 55.6. The summed E-state index contributed by atoms with van der Waals surface area (Å²) in [4.78, 5) is 72.8. The molecular formula is C52H76FN6O14PS. The molecule has 2 fully saturated rings. The summed E-state index contributed by atoms with van der Waals surface area (Å²) in [6.07, 6.45) is -5.44. The second-order valence-corrected chi connectivity index (χ2v) is 22.7. The van der Waals surface area contributed by atoms with Crippen molar-refractivity contribution >= 4 is 54.0 Å². The van der Waals surface area contributed by atoms with E-state index in [1.54, 1.807) is 109 Å². The summed E-state index contributed by atoms with van der Waals surface area (Å²) >= 11 is 1.23. The number of ketones is 1. The first kappa shape index (κ1) is 61.4. The number of aliphatic hydroxyl groups excluding tert-OH is 1. The molecular weight excluding hydrogens is 1010 g/mol. The molecule has 3 aromatic rings. The van der Waals surface area contributed by atoms with Crippen LogP contribution in [0.5, 0.6) is 0 Å². The minimum Gasteiger partial charge on any atom is -0.457 e. The molecule has 2 aromatic heterocycles. The Kier molecular flexibility index (Phi) is 21.5. The van der Waals surface area contributed by atoms with Crippen molar-refractivity contribution in [1.29, 1.82) is 0 Å². The van der Waals surface area contributed by atoms with Crippen LogP contribution in [-0.4, -0.2) is 145 Å². The number of nitrogens with one attached hydrogen (secondary N) is 1. The molecule has 5 N–H and O–H groups in total. The van der Waals surface area contributed by atoms with E-state index in [-0.39, 0.29) is 50.6 Å². The number of oxime groups is 1. The average molecular weight is 1090 g/mol. The molecule has 1 aromatic carbocycles. The number of aliphatic imine (C=N–C) groups is 1. The fourth-order valence-electron chi connectivity index (χ4n) is 9.58. The minimum absolute atomic E-state index is 0.0103. The van der Waals surface area contributed by atoms with Gasteiger partial charge in [-0.2, -0.15) is 0 Å². The molecule has 2 aliphatic rings. The van der Waals surface area contributed by atoms with Gasteiger partial charge in [0.15, 0.2) is 18.7 Å². The number of pyridine rings is 1. The third-order valence-electron chi connectivity index (χ3n) is 13.8. The smallest absolute Gasteiger partial charge is 0.431 e. The molecule has 75 heavy (non-hydrogen) atoms. The van der Waals surface area contributed by atoms with Gasteiger partial charge < -0.3 is 48.9 Å². The summed E-state index contributed by atoms with van der Waals surface area (Å²) < 4.78 is 59.5. The van der Waals surface area contributed by atoms with E-state index < -0.39 is 103 Å². The number of anilines is 1. The highest BCUT2D eigenvalue weighted by molar-refractivity contribution is 7.54. The molecule has 0 bridgehead atoms. The molecule has 1 amide bonds. The Morgan fingerprint density at radius 3 is 2.31 bits per heavy atom. The lowest BCUT2D eigenvalue weighted by Gasteiger charge is -2.46. The first-order chi connectivity index (χ1) is 35.1. The maximum atomic E-state index is 16.9. The van der Waals surface area contributed by atoms with Crippen molar-refractivity contribution in [2.24, 2.45) is 27.9 Å².